The van der Waals surface area contributed by atoms with Gasteiger partial charge in [-0.1, -0.05) is 29.8 Å². The van der Waals surface area contributed by atoms with Crippen LogP contribution in [0.4, 0.5) is 14.5 Å². The second kappa shape index (κ2) is 6.56. The van der Waals surface area contributed by atoms with Crippen molar-refractivity contribution in [3.8, 4) is 5.75 Å². The van der Waals surface area contributed by atoms with E-state index in [0.717, 1.165) is 16.7 Å². The Morgan fingerprint density at radius 3 is 2.27 bits per heavy atom. The molecule has 2 rings (SSSR count). The number of ether oxygens (including phenoxy) is 1. The SMILES string of the molecule is Cc1cc(C)c(NC(=O)c2ccccc2OC(F)F)c(C)c1. The number of hydrogen-bond acceptors (Lipinski definition) is 2. The number of anilines is 1. The molecule has 0 aliphatic carbocycles. The fourth-order valence-electron chi connectivity index (χ4n) is 2.41. The van der Waals surface area contributed by atoms with Crippen molar-refractivity contribution in [1.29, 1.82) is 0 Å². The van der Waals surface area contributed by atoms with Crippen LogP contribution < -0.4 is 10.1 Å². The second-order valence-corrected chi connectivity index (χ2v) is 5.10. The Bertz CT molecular complexity index is 676. The smallest absolute Gasteiger partial charge is 0.387 e. The molecule has 0 bridgehead atoms. The Hall–Kier alpha value is -2.43. The molecule has 22 heavy (non-hydrogen) atoms. The summed E-state index contributed by atoms with van der Waals surface area (Å²) in [5, 5.41) is 2.77. The van der Waals surface area contributed by atoms with Crippen LogP contribution in [0.5, 0.6) is 5.75 Å². The molecule has 0 aliphatic rings. The van der Waals surface area contributed by atoms with E-state index in [1.54, 1.807) is 6.07 Å². The molecule has 1 amide bonds. The van der Waals surface area contributed by atoms with E-state index in [-0.39, 0.29) is 11.3 Å². The molecule has 0 atom stereocenters. The molecule has 0 radical (unpaired) electrons. The lowest BCUT2D eigenvalue weighted by Crippen LogP contribution is -2.16. The summed E-state index contributed by atoms with van der Waals surface area (Å²) in [6.07, 6.45) is 0. The predicted octanol–water partition coefficient (Wildman–Crippen LogP) is 4.47. The highest BCUT2D eigenvalue weighted by molar-refractivity contribution is 6.06. The number of nitrogens with one attached hydrogen (secondary N) is 1. The van der Waals surface area contributed by atoms with Gasteiger partial charge in [-0.15, -0.1) is 0 Å². The molecule has 0 fully saturated rings. The highest BCUT2D eigenvalue weighted by Gasteiger charge is 2.16. The van der Waals surface area contributed by atoms with Crippen molar-refractivity contribution in [2.24, 2.45) is 0 Å². The van der Waals surface area contributed by atoms with E-state index in [1.165, 1.54) is 18.2 Å². The number of carbonyl (C=O) groups excluding carboxylic acids is 1. The first kappa shape index (κ1) is 15.9. The first-order chi connectivity index (χ1) is 10.4. The fourth-order valence-corrected chi connectivity index (χ4v) is 2.41. The van der Waals surface area contributed by atoms with E-state index in [1.807, 2.05) is 32.9 Å². The van der Waals surface area contributed by atoms with Gasteiger partial charge in [0.1, 0.15) is 5.75 Å². The standard InChI is InChI=1S/C17H17F2NO2/c1-10-8-11(2)15(12(3)9-10)20-16(21)13-6-4-5-7-14(13)22-17(18)19/h4-9,17H,1-3H3,(H,20,21). The van der Waals surface area contributed by atoms with Gasteiger partial charge in [-0.2, -0.15) is 8.78 Å². The van der Waals surface area contributed by atoms with Gasteiger partial charge in [-0.3, -0.25) is 4.79 Å². The molecule has 0 heterocycles. The van der Waals surface area contributed by atoms with Gasteiger partial charge in [-0.05, 0) is 44.0 Å². The molecule has 2 aromatic carbocycles. The maximum absolute atomic E-state index is 12.4. The number of para-hydroxylation sites is 1. The summed E-state index contributed by atoms with van der Waals surface area (Å²) in [7, 11) is 0. The van der Waals surface area contributed by atoms with E-state index in [2.05, 4.69) is 10.1 Å². The van der Waals surface area contributed by atoms with E-state index in [4.69, 9.17) is 0 Å². The Kier molecular flexibility index (Phi) is 4.75. The number of benzene rings is 2. The number of amides is 1. The van der Waals surface area contributed by atoms with Gasteiger partial charge in [-0.25, -0.2) is 0 Å². The lowest BCUT2D eigenvalue weighted by atomic mass is 10.0. The molecule has 3 nitrogen and oxygen atoms in total. The molecule has 0 saturated heterocycles. The van der Waals surface area contributed by atoms with Crippen LogP contribution in [-0.2, 0) is 0 Å². The topological polar surface area (TPSA) is 38.3 Å². The van der Waals surface area contributed by atoms with Crippen molar-refractivity contribution in [2.75, 3.05) is 5.32 Å². The van der Waals surface area contributed by atoms with Gasteiger partial charge in [0.25, 0.3) is 5.91 Å². The maximum atomic E-state index is 12.4. The van der Waals surface area contributed by atoms with Gasteiger partial charge in [0.2, 0.25) is 0 Å². The zero-order chi connectivity index (χ0) is 16.3. The van der Waals surface area contributed by atoms with Crippen LogP contribution in [0.1, 0.15) is 27.0 Å². The first-order valence-corrected chi connectivity index (χ1v) is 6.81. The lowest BCUT2D eigenvalue weighted by molar-refractivity contribution is -0.0501. The zero-order valence-corrected chi connectivity index (χ0v) is 12.6. The monoisotopic (exact) mass is 305 g/mol. The van der Waals surface area contributed by atoms with Crippen LogP contribution in [-0.4, -0.2) is 12.5 Å². The van der Waals surface area contributed by atoms with Crippen molar-refractivity contribution in [1.82, 2.24) is 0 Å². The van der Waals surface area contributed by atoms with Gasteiger partial charge < -0.3 is 10.1 Å². The van der Waals surface area contributed by atoms with Crippen LogP contribution in [0.25, 0.3) is 0 Å². The van der Waals surface area contributed by atoms with Crippen molar-refractivity contribution in [3.05, 3.63) is 58.7 Å². The number of rotatable bonds is 4. The predicted molar refractivity (Wildman–Crippen MR) is 81.7 cm³/mol. The Morgan fingerprint density at radius 1 is 1.09 bits per heavy atom. The summed E-state index contributed by atoms with van der Waals surface area (Å²) >= 11 is 0. The summed E-state index contributed by atoms with van der Waals surface area (Å²) < 4.78 is 29.2. The lowest BCUT2D eigenvalue weighted by Gasteiger charge is -2.14. The molecular formula is C17H17F2NO2. The average molecular weight is 305 g/mol. The third kappa shape index (κ3) is 3.61. The molecule has 116 valence electrons. The minimum atomic E-state index is -2.98. The van der Waals surface area contributed by atoms with Crippen LogP contribution in [0.15, 0.2) is 36.4 Å². The highest BCUT2D eigenvalue weighted by atomic mass is 19.3. The first-order valence-electron chi connectivity index (χ1n) is 6.81. The molecule has 0 saturated carbocycles. The quantitative estimate of drug-likeness (QED) is 0.905. The number of hydrogen-bond donors (Lipinski definition) is 1. The van der Waals surface area contributed by atoms with Gasteiger partial charge >= 0.3 is 6.61 Å². The Morgan fingerprint density at radius 2 is 1.68 bits per heavy atom. The minimum Gasteiger partial charge on any atom is -0.434 e. The van der Waals surface area contributed by atoms with Crippen LogP contribution in [0, 0.1) is 20.8 Å². The molecule has 0 unspecified atom stereocenters. The van der Waals surface area contributed by atoms with Crippen LogP contribution >= 0.6 is 0 Å². The fraction of sp³-hybridized carbons (Fsp3) is 0.235. The van der Waals surface area contributed by atoms with Crippen LogP contribution in [0.3, 0.4) is 0 Å². The molecular weight excluding hydrogens is 288 g/mol. The van der Waals surface area contributed by atoms with Crippen molar-refractivity contribution in [2.45, 2.75) is 27.4 Å². The molecule has 2 aromatic rings. The summed E-state index contributed by atoms with van der Waals surface area (Å²) in [5.74, 6) is -0.622. The normalized spacial score (nSPS) is 10.6. The third-order valence-electron chi connectivity index (χ3n) is 3.26. The molecule has 0 aromatic heterocycles. The van der Waals surface area contributed by atoms with E-state index in [9.17, 15) is 13.6 Å². The third-order valence-corrected chi connectivity index (χ3v) is 3.26. The van der Waals surface area contributed by atoms with E-state index >= 15 is 0 Å². The summed E-state index contributed by atoms with van der Waals surface area (Å²) in [4.78, 5) is 12.4. The molecule has 0 aliphatic heterocycles. The summed E-state index contributed by atoms with van der Waals surface area (Å²) in [6.45, 7) is 2.77. The van der Waals surface area contributed by atoms with Gasteiger partial charge in [0.15, 0.2) is 0 Å². The second-order valence-electron chi connectivity index (χ2n) is 5.10. The van der Waals surface area contributed by atoms with E-state index in [0.29, 0.717) is 5.69 Å². The Labute approximate surface area is 127 Å². The number of carbonyl (C=O) groups is 1. The Balaban J connectivity index is 2.31. The van der Waals surface area contributed by atoms with E-state index < -0.39 is 12.5 Å². The number of aryl methyl sites for hydroxylation is 3. The number of halogens is 2. The van der Waals surface area contributed by atoms with Crippen molar-refractivity contribution < 1.29 is 18.3 Å². The molecule has 0 spiro atoms. The van der Waals surface area contributed by atoms with Crippen molar-refractivity contribution >= 4 is 11.6 Å². The van der Waals surface area contributed by atoms with Crippen LogP contribution in [0.2, 0.25) is 0 Å². The zero-order valence-electron chi connectivity index (χ0n) is 12.6. The van der Waals surface area contributed by atoms with Gasteiger partial charge in [0.05, 0.1) is 5.56 Å². The maximum Gasteiger partial charge on any atom is 0.387 e. The van der Waals surface area contributed by atoms with Crippen molar-refractivity contribution in [3.63, 3.8) is 0 Å². The summed E-state index contributed by atoms with van der Waals surface area (Å²) in [6, 6.07) is 9.83. The van der Waals surface area contributed by atoms with Gasteiger partial charge in [0, 0.05) is 5.69 Å². The molecule has 1 N–H and O–H groups in total. The largest absolute Gasteiger partial charge is 0.434 e. The summed E-state index contributed by atoms with van der Waals surface area (Å²) in [5.41, 5.74) is 3.68. The number of alkyl halides is 2. The average Bonchev–Trinajstić information content (AvgIpc) is 2.42. The molecule has 5 heteroatoms. The minimum absolute atomic E-state index is 0.0715. The highest BCUT2D eigenvalue weighted by Crippen LogP contribution is 2.25.